The lowest BCUT2D eigenvalue weighted by Gasteiger charge is -2.26. The Balaban J connectivity index is 1.91. The molecule has 0 radical (unpaired) electrons. The molecule has 2 saturated carbocycles. The van der Waals surface area contributed by atoms with Gasteiger partial charge in [0.2, 0.25) is 5.91 Å². The predicted molar refractivity (Wildman–Crippen MR) is 68.2 cm³/mol. The van der Waals surface area contributed by atoms with Crippen molar-refractivity contribution in [3.05, 3.63) is 0 Å². The van der Waals surface area contributed by atoms with E-state index in [1.165, 1.54) is 12.8 Å². The van der Waals surface area contributed by atoms with Crippen LogP contribution in [0.4, 0.5) is 0 Å². The van der Waals surface area contributed by atoms with E-state index in [9.17, 15) is 9.59 Å². The molecular weight excluding hydrogens is 230 g/mol. The smallest absolute Gasteiger partial charge is 0.305 e. The van der Waals surface area contributed by atoms with Gasteiger partial charge in [-0.25, -0.2) is 0 Å². The molecule has 1 N–H and O–H groups in total. The zero-order chi connectivity index (χ0) is 13.0. The van der Waals surface area contributed by atoms with E-state index in [2.05, 4.69) is 0 Å². The summed E-state index contributed by atoms with van der Waals surface area (Å²) >= 11 is 0. The fourth-order valence-electron chi connectivity index (χ4n) is 2.84. The van der Waals surface area contributed by atoms with Crippen molar-refractivity contribution in [3.8, 4) is 0 Å². The Labute approximate surface area is 108 Å². The van der Waals surface area contributed by atoms with Gasteiger partial charge in [-0.05, 0) is 25.7 Å². The number of carbonyl (C=O) groups excluding carboxylic acids is 1. The lowest BCUT2D eigenvalue weighted by molar-refractivity contribution is -0.140. The molecule has 18 heavy (non-hydrogen) atoms. The molecule has 0 bridgehead atoms. The van der Waals surface area contributed by atoms with Gasteiger partial charge >= 0.3 is 5.97 Å². The second kappa shape index (κ2) is 6.21. The van der Waals surface area contributed by atoms with Crippen molar-refractivity contribution in [2.24, 2.45) is 5.92 Å². The molecule has 0 spiro atoms. The van der Waals surface area contributed by atoms with Crippen molar-refractivity contribution in [1.29, 1.82) is 0 Å². The summed E-state index contributed by atoms with van der Waals surface area (Å²) in [5.41, 5.74) is 0. The van der Waals surface area contributed by atoms with Crippen LogP contribution < -0.4 is 0 Å². The predicted octanol–water partition coefficient (Wildman–Crippen LogP) is 2.42. The van der Waals surface area contributed by atoms with E-state index in [1.807, 2.05) is 4.90 Å². The number of carboxylic acids is 1. The Morgan fingerprint density at radius 3 is 2.11 bits per heavy atom. The average molecular weight is 253 g/mol. The number of rotatable bonds is 5. The molecule has 4 nitrogen and oxygen atoms in total. The van der Waals surface area contributed by atoms with Crippen LogP contribution in [0, 0.1) is 5.92 Å². The summed E-state index contributed by atoms with van der Waals surface area (Å²) < 4.78 is 0. The summed E-state index contributed by atoms with van der Waals surface area (Å²) in [6.45, 7) is 0.398. The monoisotopic (exact) mass is 253 g/mol. The summed E-state index contributed by atoms with van der Waals surface area (Å²) in [6, 6.07) is 0.333. The molecule has 0 atom stereocenters. The Morgan fingerprint density at radius 2 is 1.61 bits per heavy atom. The van der Waals surface area contributed by atoms with Crippen molar-refractivity contribution in [1.82, 2.24) is 4.90 Å². The maximum atomic E-state index is 12.5. The van der Waals surface area contributed by atoms with E-state index >= 15 is 0 Å². The second-order valence-electron chi connectivity index (χ2n) is 5.60. The topological polar surface area (TPSA) is 57.6 Å². The molecule has 0 saturated heterocycles. The highest BCUT2D eigenvalue weighted by Gasteiger charge is 2.35. The largest absolute Gasteiger partial charge is 0.481 e. The number of hydrogen-bond donors (Lipinski definition) is 1. The highest BCUT2D eigenvalue weighted by atomic mass is 16.4. The minimum Gasteiger partial charge on any atom is -0.481 e. The summed E-state index contributed by atoms with van der Waals surface area (Å²) in [5, 5.41) is 8.76. The summed E-state index contributed by atoms with van der Waals surface area (Å²) in [4.78, 5) is 25.0. The first kappa shape index (κ1) is 13.4. The summed E-state index contributed by atoms with van der Waals surface area (Å²) in [7, 11) is 0. The van der Waals surface area contributed by atoms with E-state index in [4.69, 9.17) is 5.11 Å². The van der Waals surface area contributed by atoms with Crippen molar-refractivity contribution < 1.29 is 14.7 Å². The van der Waals surface area contributed by atoms with Crippen molar-refractivity contribution in [2.45, 2.75) is 63.8 Å². The Morgan fingerprint density at radius 1 is 1.00 bits per heavy atom. The summed E-state index contributed by atoms with van der Waals surface area (Å²) in [5.74, 6) is -0.433. The molecule has 0 aromatic heterocycles. The third-order valence-electron chi connectivity index (χ3n) is 4.04. The first-order chi connectivity index (χ1) is 8.68. The van der Waals surface area contributed by atoms with Gasteiger partial charge in [0.1, 0.15) is 0 Å². The molecule has 0 unspecified atom stereocenters. The Kier molecular flexibility index (Phi) is 4.61. The van der Waals surface area contributed by atoms with Crippen LogP contribution in [-0.4, -0.2) is 34.5 Å². The van der Waals surface area contributed by atoms with E-state index in [0.717, 1.165) is 38.5 Å². The fraction of sp³-hybridized carbons (Fsp3) is 0.857. The van der Waals surface area contributed by atoms with Crippen molar-refractivity contribution in [2.75, 3.05) is 6.54 Å². The zero-order valence-electron chi connectivity index (χ0n) is 10.9. The minimum atomic E-state index is -0.811. The molecule has 0 aromatic rings. The molecule has 4 heteroatoms. The number of amides is 1. The summed E-state index contributed by atoms with van der Waals surface area (Å²) in [6.07, 6.45) is 8.95. The number of hydrogen-bond acceptors (Lipinski definition) is 2. The Hall–Kier alpha value is -1.06. The minimum absolute atomic E-state index is 0.0783. The van der Waals surface area contributed by atoms with Gasteiger partial charge in [0, 0.05) is 18.5 Å². The molecule has 0 heterocycles. The molecule has 0 aliphatic heterocycles. The van der Waals surface area contributed by atoms with Crippen LogP contribution in [0.2, 0.25) is 0 Å². The number of carbonyl (C=O) groups is 2. The highest BCUT2D eigenvalue weighted by Crippen LogP contribution is 2.31. The van der Waals surface area contributed by atoms with Gasteiger partial charge in [-0.3, -0.25) is 9.59 Å². The van der Waals surface area contributed by atoms with Crippen LogP contribution in [0.5, 0.6) is 0 Å². The number of nitrogens with zero attached hydrogens (tertiary/aromatic N) is 1. The first-order valence-electron chi connectivity index (χ1n) is 7.21. The third kappa shape index (κ3) is 3.72. The maximum absolute atomic E-state index is 12.5. The molecule has 2 fully saturated rings. The molecule has 2 aliphatic rings. The molecule has 102 valence electrons. The second-order valence-corrected chi connectivity index (χ2v) is 5.60. The van der Waals surface area contributed by atoms with Crippen LogP contribution in [0.1, 0.15) is 57.8 Å². The van der Waals surface area contributed by atoms with Gasteiger partial charge in [-0.2, -0.15) is 0 Å². The Bertz CT molecular complexity index is 304. The van der Waals surface area contributed by atoms with E-state index < -0.39 is 5.97 Å². The van der Waals surface area contributed by atoms with Gasteiger partial charge in [0.25, 0.3) is 0 Å². The van der Waals surface area contributed by atoms with Crippen LogP contribution in [0.3, 0.4) is 0 Å². The first-order valence-corrected chi connectivity index (χ1v) is 7.21. The van der Waals surface area contributed by atoms with E-state index in [0.29, 0.717) is 12.6 Å². The molecule has 2 aliphatic carbocycles. The van der Waals surface area contributed by atoms with Crippen LogP contribution in [0.15, 0.2) is 0 Å². The van der Waals surface area contributed by atoms with E-state index in [-0.39, 0.29) is 18.2 Å². The van der Waals surface area contributed by atoms with Gasteiger partial charge in [0.15, 0.2) is 0 Å². The van der Waals surface area contributed by atoms with Crippen LogP contribution in [-0.2, 0) is 9.59 Å². The quantitative estimate of drug-likeness (QED) is 0.765. The van der Waals surface area contributed by atoms with Gasteiger partial charge in [-0.15, -0.1) is 0 Å². The SMILES string of the molecule is O=C(O)CCN(C(=O)C1CCCCCC1)C1CC1. The number of aliphatic carboxylic acids is 1. The molecule has 0 aromatic carbocycles. The normalized spacial score (nSPS) is 21.3. The average Bonchev–Trinajstić information content (AvgIpc) is 3.15. The van der Waals surface area contributed by atoms with Gasteiger partial charge < -0.3 is 10.0 Å². The van der Waals surface area contributed by atoms with Crippen molar-refractivity contribution >= 4 is 11.9 Å². The standard InChI is InChI=1S/C14H23NO3/c16-13(17)9-10-15(12-7-8-12)14(18)11-5-3-1-2-4-6-11/h11-12H,1-10H2,(H,16,17). The lowest BCUT2D eigenvalue weighted by atomic mass is 9.98. The van der Waals surface area contributed by atoms with Crippen LogP contribution >= 0.6 is 0 Å². The third-order valence-corrected chi connectivity index (χ3v) is 4.04. The highest BCUT2D eigenvalue weighted by molar-refractivity contribution is 5.80. The van der Waals surface area contributed by atoms with Gasteiger partial charge in [0.05, 0.1) is 6.42 Å². The molecule has 2 rings (SSSR count). The fourth-order valence-corrected chi connectivity index (χ4v) is 2.84. The molecular formula is C14H23NO3. The number of carboxylic acid groups (broad SMARTS) is 1. The lowest BCUT2D eigenvalue weighted by Crippen LogP contribution is -2.39. The van der Waals surface area contributed by atoms with E-state index in [1.54, 1.807) is 0 Å². The molecule has 1 amide bonds. The van der Waals surface area contributed by atoms with Crippen molar-refractivity contribution in [3.63, 3.8) is 0 Å². The van der Waals surface area contributed by atoms with Gasteiger partial charge in [-0.1, -0.05) is 25.7 Å². The van der Waals surface area contributed by atoms with Crippen LogP contribution in [0.25, 0.3) is 0 Å². The zero-order valence-corrected chi connectivity index (χ0v) is 10.9. The maximum Gasteiger partial charge on any atom is 0.305 e.